The molecule has 3 heterocycles. The molecule has 1 aliphatic rings. The first-order valence-corrected chi connectivity index (χ1v) is 9.07. The fraction of sp³-hybridized carbons (Fsp3) is 0.500. The summed E-state index contributed by atoms with van der Waals surface area (Å²) >= 11 is 0. The van der Waals surface area contributed by atoms with Crippen molar-refractivity contribution in [3.8, 4) is 0 Å². The molecule has 2 aromatic heterocycles. The highest BCUT2D eigenvalue weighted by atomic mass is 16.6. The molecule has 3 rings (SSSR count). The molecule has 0 unspecified atom stereocenters. The molecule has 144 valence electrons. The van der Waals surface area contributed by atoms with E-state index in [0.717, 1.165) is 4.40 Å². The third kappa shape index (κ3) is 4.07. The van der Waals surface area contributed by atoms with E-state index in [1.54, 1.807) is 18.2 Å². The lowest BCUT2D eigenvalue weighted by molar-refractivity contribution is -0.385. The van der Waals surface area contributed by atoms with E-state index in [2.05, 4.69) is 10.3 Å². The number of likely N-dealkylation sites (tertiary alicyclic amines) is 1. The van der Waals surface area contributed by atoms with Gasteiger partial charge in [-0.2, -0.15) is 0 Å². The number of carbonyl (C=O) groups is 1. The molecule has 0 saturated carbocycles. The summed E-state index contributed by atoms with van der Waals surface area (Å²) < 4.78 is 1.16. The molecule has 0 bridgehead atoms. The molecule has 2 aromatic rings. The monoisotopic (exact) mass is 373 g/mol. The van der Waals surface area contributed by atoms with Gasteiger partial charge in [-0.05, 0) is 30.9 Å². The van der Waals surface area contributed by atoms with E-state index < -0.39 is 16.2 Å². The smallest absolute Gasteiger partial charge is 0.361 e. The SMILES string of the molecule is CC(C)CC(=O)N1CCC(Nc2nc3ccccn3c(=O)c2[N+](=O)[O-])CC1. The van der Waals surface area contributed by atoms with Crippen molar-refractivity contribution in [2.45, 2.75) is 39.2 Å². The van der Waals surface area contributed by atoms with Crippen molar-refractivity contribution in [3.05, 3.63) is 44.9 Å². The highest BCUT2D eigenvalue weighted by Gasteiger charge is 2.28. The van der Waals surface area contributed by atoms with Crippen molar-refractivity contribution >= 4 is 23.1 Å². The fourth-order valence-corrected chi connectivity index (χ4v) is 3.29. The van der Waals surface area contributed by atoms with E-state index in [9.17, 15) is 19.7 Å². The number of rotatable bonds is 5. The van der Waals surface area contributed by atoms with Crippen LogP contribution in [0, 0.1) is 16.0 Å². The number of nitrogens with one attached hydrogen (secondary N) is 1. The van der Waals surface area contributed by atoms with E-state index in [4.69, 9.17) is 0 Å². The number of carbonyl (C=O) groups excluding carboxylic acids is 1. The summed E-state index contributed by atoms with van der Waals surface area (Å²) in [6, 6.07) is 4.89. The second-order valence-electron chi connectivity index (χ2n) is 7.20. The Labute approximate surface area is 156 Å². The molecule has 27 heavy (non-hydrogen) atoms. The number of hydrogen-bond acceptors (Lipinski definition) is 6. The molecule has 1 N–H and O–H groups in total. The van der Waals surface area contributed by atoms with Gasteiger partial charge in [0.15, 0.2) is 0 Å². The summed E-state index contributed by atoms with van der Waals surface area (Å²) in [5, 5.41) is 14.5. The summed E-state index contributed by atoms with van der Waals surface area (Å²) in [6.07, 6.45) is 3.28. The Balaban J connectivity index is 1.78. The molecule has 0 atom stereocenters. The van der Waals surface area contributed by atoms with Crippen molar-refractivity contribution in [3.63, 3.8) is 0 Å². The Morgan fingerprint density at radius 2 is 2.07 bits per heavy atom. The predicted octanol–water partition coefficient (Wildman–Crippen LogP) is 2.05. The molecule has 9 nitrogen and oxygen atoms in total. The van der Waals surface area contributed by atoms with Crippen molar-refractivity contribution in [2.75, 3.05) is 18.4 Å². The summed E-state index contributed by atoms with van der Waals surface area (Å²) in [4.78, 5) is 41.5. The number of hydrogen-bond donors (Lipinski definition) is 1. The fourth-order valence-electron chi connectivity index (χ4n) is 3.29. The van der Waals surface area contributed by atoms with Gasteiger partial charge in [0.2, 0.25) is 11.7 Å². The van der Waals surface area contributed by atoms with E-state index in [1.807, 2.05) is 18.7 Å². The van der Waals surface area contributed by atoms with E-state index in [0.29, 0.717) is 43.9 Å². The van der Waals surface area contributed by atoms with Gasteiger partial charge < -0.3 is 10.2 Å². The van der Waals surface area contributed by atoms with Crippen molar-refractivity contribution < 1.29 is 9.72 Å². The van der Waals surface area contributed by atoms with E-state index in [-0.39, 0.29) is 17.8 Å². The number of nitro groups is 1. The van der Waals surface area contributed by atoms with Crippen LogP contribution in [0.1, 0.15) is 33.1 Å². The number of pyridine rings is 1. The first-order valence-electron chi connectivity index (χ1n) is 9.07. The van der Waals surface area contributed by atoms with Gasteiger partial charge in [0.05, 0.1) is 4.92 Å². The largest absolute Gasteiger partial charge is 0.376 e. The number of aromatic nitrogens is 2. The Morgan fingerprint density at radius 1 is 1.37 bits per heavy atom. The maximum atomic E-state index is 12.5. The summed E-state index contributed by atoms with van der Waals surface area (Å²) in [7, 11) is 0. The predicted molar refractivity (Wildman–Crippen MR) is 101 cm³/mol. The van der Waals surface area contributed by atoms with Crippen LogP contribution >= 0.6 is 0 Å². The number of nitrogens with zero attached hydrogens (tertiary/aromatic N) is 4. The standard InChI is InChI=1S/C18H23N5O4/c1-12(2)11-15(24)21-9-6-13(7-10-21)19-17-16(23(26)27)18(25)22-8-4-3-5-14(22)20-17/h3-5,8,12-13,19H,6-7,9-11H2,1-2H3. The zero-order chi connectivity index (χ0) is 19.6. The van der Waals surface area contributed by atoms with Crippen LogP contribution in [0.15, 0.2) is 29.2 Å². The van der Waals surface area contributed by atoms with Gasteiger partial charge in [-0.25, -0.2) is 4.98 Å². The van der Waals surface area contributed by atoms with Gasteiger partial charge in [-0.3, -0.25) is 24.1 Å². The number of piperidine rings is 1. The van der Waals surface area contributed by atoms with Crippen molar-refractivity contribution in [1.82, 2.24) is 14.3 Å². The molecule has 9 heteroatoms. The maximum Gasteiger partial charge on any atom is 0.376 e. The average molecular weight is 373 g/mol. The van der Waals surface area contributed by atoms with E-state index in [1.165, 1.54) is 6.20 Å². The van der Waals surface area contributed by atoms with Crippen LogP contribution in [-0.2, 0) is 4.79 Å². The van der Waals surface area contributed by atoms with Gasteiger partial charge in [0.1, 0.15) is 5.65 Å². The van der Waals surface area contributed by atoms with Crippen molar-refractivity contribution in [1.29, 1.82) is 0 Å². The number of anilines is 1. The molecule has 1 amide bonds. The lowest BCUT2D eigenvalue weighted by atomic mass is 10.0. The number of amides is 1. The lowest BCUT2D eigenvalue weighted by Gasteiger charge is -2.33. The minimum Gasteiger partial charge on any atom is -0.361 e. The van der Waals surface area contributed by atoms with Gasteiger partial charge in [0, 0.05) is 31.7 Å². The molecule has 1 aliphatic heterocycles. The molecule has 0 aromatic carbocycles. The van der Waals surface area contributed by atoms with Crippen LogP contribution in [0.25, 0.3) is 5.65 Å². The maximum absolute atomic E-state index is 12.5. The molecule has 1 saturated heterocycles. The highest BCUT2D eigenvalue weighted by Crippen LogP contribution is 2.22. The summed E-state index contributed by atoms with van der Waals surface area (Å²) in [5.41, 5.74) is -0.921. The van der Waals surface area contributed by atoms with Gasteiger partial charge in [-0.15, -0.1) is 0 Å². The minimum atomic E-state index is -0.711. The Hall–Kier alpha value is -2.97. The van der Waals surface area contributed by atoms with Crippen molar-refractivity contribution in [2.24, 2.45) is 5.92 Å². The van der Waals surface area contributed by atoms with Gasteiger partial charge in [-0.1, -0.05) is 19.9 Å². The second-order valence-corrected chi connectivity index (χ2v) is 7.20. The summed E-state index contributed by atoms with van der Waals surface area (Å²) in [6.45, 7) is 5.19. The minimum absolute atomic E-state index is 0.0110. The van der Waals surface area contributed by atoms with Gasteiger partial charge in [0.25, 0.3) is 0 Å². The molecule has 1 fully saturated rings. The third-order valence-electron chi connectivity index (χ3n) is 4.66. The highest BCUT2D eigenvalue weighted by molar-refractivity contribution is 5.76. The quantitative estimate of drug-likeness (QED) is 0.634. The molecule has 0 aliphatic carbocycles. The van der Waals surface area contributed by atoms with Crippen LogP contribution in [-0.4, -0.2) is 44.2 Å². The topological polar surface area (TPSA) is 110 Å². The van der Waals surface area contributed by atoms with Crippen LogP contribution in [0.4, 0.5) is 11.5 Å². The second kappa shape index (κ2) is 7.73. The Bertz CT molecular complexity index is 916. The number of fused-ring (bicyclic) bond motifs is 1. The summed E-state index contributed by atoms with van der Waals surface area (Å²) in [5.74, 6) is 0.436. The zero-order valence-corrected chi connectivity index (χ0v) is 15.4. The Kier molecular flexibility index (Phi) is 5.38. The molecular weight excluding hydrogens is 350 g/mol. The zero-order valence-electron chi connectivity index (χ0n) is 15.4. The first-order chi connectivity index (χ1) is 12.9. The molecular formula is C18H23N5O4. The third-order valence-corrected chi connectivity index (χ3v) is 4.66. The van der Waals surface area contributed by atoms with Crippen LogP contribution in [0.3, 0.4) is 0 Å². The van der Waals surface area contributed by atoms with E-state index >= 15 is 0 Å². The Morgan fingerprint density at radius 3 is 2.70 bits per heavy atom. The molecule has 0 radical (unpaired) electrons. The van der Waals surface area contributed by atoms with Crippen LogP contribution in [0.2, 0.25) is 0 Å². The van der Waals surface area contributed by atoms with Gasteiger partial charge >= 0.3 is 11.2 Å². The van der Waals surface area contributed by atoms with Crippen LogP contribution < -0.4 is 10.9 Å². The first kappa shape index (κ1) is 18.8. The average Bonchev–Trinajstić information content (AvgIpc) is 2.61. The normalized spacial score (nSPS) is 15.3. The lowest BCUT2D eigenvalue weighted by Crippen LogP contribution is -2.43. The van der Waals surface area contributed by atoms with Crippen LogP contribution in [0.5, 0.6) is 0 Å². The molecule has 0 spiro atoms.